The molecule has 1 aliphatic carbocycles. The van der Waals surface area contributed by atoms with Crippen LogP contribution in [-0.2, 0) is 9.47 Å². The summed E-state index contributed by atoms with van der Waals surface area (Å²) in [6.45, 7) is 2.37. The average Bonchev–Trinajstić information content (AvgIpc) is 3.22. The largest absolute Gasteiger partial charge is 0.385 e. The Bertz CT molecular complexity index is 382. The lowest BCUT2D eigenvalue weighted by atomic mass is 10.1. The molecule has 106 valence electrons. The van der Waals surface area contributed by atoms with Gasteiger partial charge in [0.15, 0.2) is 0 Å². The van der Waals surface area contributed by atoms with E-state index in [1.165, 1.54) is 18.4 Å². The summed E-state index contributed by atoms with van der Waals surface area (Å²) in [5.74, 6) is 0. The van der Waals surface area contributed by atoms with Gasteiger partial charge in [-0.3, -0.25) is 0 Å². The van der Waals surface area contributed by atoms with Gasteiger partial charge in [0.2, 0.25) is 0 Å². The van der Waals surface area contributed by atoms with E-state index in [2.05, 4.69) is 39.4 Å². The minimum Gasteiger partial charge on any atom is -0.385 e. The van der Waals surface area contributed by atoms with Crippen molar-refractivity contribution in [2.24, 2.45) is 0 Å². The van der Waals surface area contributed by atoms with E-state index in [0.717, 1.165) is 30.7 Å². The number of benzene rings is 1. The zero-order chi connectivity index (χ0) is 13.5. The van der Waals surface area contributed by atoms with E-state index >= 15 is 0 Å². The van der Waals surface area contributed by atoms with Gasteiger partial charge in [-0.25, -0.2) is 0 Å². The lowest BCUT2D eigenvalue weighted by Gasteiger charge is -2.19. The van der Waals surface area contributed by atoms with Crippen LogP contribution < -0.4 is 5.32 Å². The summed E-state index contributed by atoms with van der Waals surface area (Å²) in [4.78, 5) is 0. The molecule has 3 nitrogen and oxygen atoms in total. The Labute approximate surface area is 123 Å². The molecule has 1 saturated carbocycles. The lowest BCUT2D eigenvalue weighted by Crippen LogP contribution is -2.25. The quantitative estimate of drug-likeness (QED) is 0.706. The molecule has 1 aromatic rings. The third-order valence-electron chi connectivity index (χ3n) is 3.20. The molecule has 4 heteroatoms. The average molecular weight is 328 g/mol. The lowest BCUT2D eigenvalue weighted by molar-refractivity contribution is 0.0386. The predicted molar refractivity (Wildman–Crippen MR) is 80.4 cm³/mol. The van der Waals surface area contributed by atoms with Gasteiger partial charge in [-0.1, -0.05) is 28.1 Å². The molecule has 1 unspecified atom stereocenters. The van der Waals surface area contributed by atoms with Gasteiger partial charge in [-0.2, -0.15) is 0 Å². The van der Waals surface area contributed by atoms with E-state index in [4.69, 9.17) is 9.47 Å². The highest BCUT2D eigenvalue weighted by Crippen LogP contribution is 2.24. The fourth-order valence-electron chi connectivity index (χ4n) is 1.97. The molecule has 1 aliphatic rings. The van der Waals surface area contributed by atoms with Gasteiger partial charge in [0.05, 0.1) is 6.10 Å². The van der Waals surface area contributed by atoms with Crippen LogP contribution in [-0.4, -0.2) is 32.9 Å². The first-order valence-electron chi connectivity index (χ1n) is 6.89. The van der Waals surface area contributed by atoms with Crippen LogP contribution in [0.25, 0.3) is 0 Å². The van der Waals surface area contributed by atoms with Crippen molar-refractivity contribution in [1.82, 2.24) is 5.32 Å². The van der Waals surface area contributed by atoms with Crippen molar-refractivity contribution in [3.8, 4) is 0 Å². The van der Waals surface area contributed by atoms with Crippen LogP contribution in [0.15, 0.2) is 28.7 Å². The molecule has 1 fully saturated rings. The number of halogens is 1. The Kier molecular flexibility index (Phi) is 6.31. The van der Waals surface area contributed by atoms with Crippen molar-refractivity contribution in [1.29, 1.82) is 0 Å². The van der Waals surface area contributed by atoms with Crippen molar-refractivity contribution in [3.63, 3.8) is 0 Å². The van der Waals surface area contributed by atoms with Crippen LogP contribution in [0.3, 0.4) is 0 Å². The summed E-state index contributed by atoms with van der Waals surface area (Å²) in [6.07, 6.45) is 3.66. The summed E-state index contributed by atoms with van der Waals surface area (Å²) in [7, 11) is 1.72. The molecule has 0 bridgehead atoms. The molecule has 1 atom stereocenters. The second-order valence-electron chi connectivity index (χ2n) is 4.94. The predicted octanol–water partition coefficient (Wildman–Crippen LogP) is 3.30. The number of ether oxygens (including phenoxy) is 2. The summed E-state index contributed by atoms with van der Waals surface area (Å²) in [6, 6.07) is 9.06. The van der Waals surface area contributed by atoms with Gasteiger partial charge in [0, 0.05) is 37.4 Å². The molecule has 0 aromatic heterocycles. The first-order chi connectivity index (χ1) is 9.29. The van der Waals surface area contributed by atoms with Crippen LogP contribution in [0.1, 0.15) is 30.9 Å². The van der Waals surface area contributed by atoms with Crippen LogP contribution >= 0.6 is 15.9 Å². The number of hydrogen-bond acceptors (Lipinski definition) is 3. The number of nitrogens with one attached hydrogen (secondary N) is 1. The van der Waals surface area contributed by atoms with Gasteiger partial charge in [-0.05, 0) is 37.0 Å². The highest BCUT2D eigenvalue weighted by atomic mass is 79.9. The molecule has 2 rings (SSSR count). The Hall–Kier alpha value is -0.420. The molecule has 19 heavy (non-hydrogen) atoms. The zero-order valence-corrected chi connectivity index (χ0v) is 13.0. The van der Waals surface area contributed by atoms with Crippen molar-refractivity contribution >= 4 is 15.9 Å². The van der Waals surface area contributed by atoms with Gasteiger partial charge in [-0.15, -0.1) is 0 Å². The smallest absolute Gasteiger partial charge is 0.0949 e. The molecule has 0 spiro atoms. The minimum atomic E-state index is 0.120. The van der Waals surface area contributed by atoms with E-state index in [0.29, 0.717) is 6.04 Å². The molecule has 0 amide bonds. The van der Waals surface area contributed by atoms with Crippen LogP contribution in [0, 0.1) is 0 Å². The Morgan fingerprint density at radius 3 is 2.89 bits per heavy atom. The van der Waals surface area contributed by atoms with Crippen LogP contribution in [0.4, 0.5) is 0 Å². The molecule has 1 aromatic carbocycles. The summed E-state index contributed by atoms with van der Waals surface area (Å²) < 4.78 is 12.2. The Morgan fingerprint density at radius 1 is 1.37 bits per heavy atom. The topological polar surface area (TPSA) is 30.5 Å². The minimum absolute atomic E-state index is 0.120. The van der Waals surface area contributed by atoms with Gasteiger partial charge < -0.3 is 14.8 Å². The summed E-state index contributed by atoms with van der Waals surface area (Å²) >= 11 is 3.52. The van der Waals surface area contributed by atoms with E-state index < -0.39 is 0 Å². The van der Waals surface area contributed by atoms with E-state index in [9.17, 15) is 0 Å². The van der Waals surface area contributed by atoms with Crippen molar-refractivity contribution < 1.29 is 9.47 Å². The van der Waals surface area contributed by atoms with Crippen LogP contribution in [0.5, 0.6) is 0 Å². The van der Waals surface area contributed by atoms with E-state index in [1.807, 2.05) is 6.07 Å². The van der Waals surface area contributed by atoms with Gasteiger partial charge in [0.1, 0.15) is 0 Å². The molecule has 1 N–H and O–H groups in total. The summed E-state index contributed by atoms with van der Waals surface area (Å²) in [5, 5.41) is 3.54. The maximum absolute atomic E-state index is 6.00. The van der Waals surface area contributed by atoms with Crippen LogP contribution in [0.2, 0.25) is 0 Å². The second-order valence-corrected chi connectivity index (χ2v) is 5.86. The fourth-order valence-corrected chi connectivity index (χ4v) is 2.39. The monoisotopic (exact) mass is 327 g/mol. The molecular formula is C15H22BrNO2. The maximum Gasteiger partial charge on any atom is 0.0949 e. The maximum atomic E-state index is 6.00. The van der Waals surface area contributed by atoms with Gasteiger partial charge in [0.25, 0.3) is 0 Å². The van der Waals surface area contributed by atoms with E-state index in [1.54, 1.807) is 7.11 Å². The highest BCUT2D eigenvalue weighted by molar-refractivity contribution is 9.10. The second kappa shape index (κ2) is 8.00. The molecule has 0 aliphatic heterocycles. The Balaban J connectivity index is 1.87. The highest BCUT2D eigenvalue weighted by Gasteiger charge is 2.22. The van der Waals surface area contributed by atoms with Crippen molar-refractivity contribution in [2.45, 2.75) is 31.4 Å². The van der Waals surface area contributed by atoms with Gasteiger partial charge >= 0.3 is 0 Å². The first-order valence-corrected chi connectivity index (χ1v) is 7.68. The van der Waals surface area contributed by atoms with E-state index in [-0.39, 0.29) is 6.10 Å². The molecular weight excluding hydrogens is 306 g/mol. The first kappa shape index (κ1) is 15.0. The number of rotatable bonds is 9. The van der Waals surface area contributed by atoms with Crippen molar-refractivity contribution in [3.05, 3.63) is 34.3 Å². The third kappa shape index (κ3) is 5.61. The molecule has 0 heterocycles. The standard InChI is InChI=1S/C15H22BrNO2/c1-18-8-3-9-19-15(11-17-14-6-7-14)12-4-2-5-13(16)10-12/h2,4-5,10,14-15,17H,3,6-9,11H2,1H3. The number of methoxy groups -OCH3 is 1. The zero-order valence-electron chi connectivity index (χ0n) is 11.4. The Morgan fingerprint density at radius 2 is 2.21 bits per heavy atom. The summed E-state index contributed by atoms with van der Waals surface area (Å²) in [5.41, 5.74) is 1.22. The molecule has 0 radical (unpaired) electrons. The van der Waals surface area contributed by atoms with Crippen molar-refractivity contribution in [2.75, 3.05) is 26.9 Å². The normalized spacial score (nSPS) is 16.5. The SMILES string of the molecule is COCCCOC(CNC1CC1)c1cccc(Br)c1. The third-order valence-corrected chi connectivity index (χ3v) is 3.69. The fraction of sp³-hybridized carbons (Fsp3) is 0.600. The number of hydrogen-bond donors (Lipinski definition) is 1. The molecule has 0 saturated heterocycles.